The largest absolute Gasteiger partial charge is 0.271 e. The number of carbonyl (C=O) groups excluding carboxylic acids is 2. The molecule has 0 radical (unpaired) electrons. The molecule has 0 saturated carbocycles. The second-order valence-corrected chi connectivity index (χ2v) is 3.65. The van der Waals surface area contributed by atoms with Gasteiger partial charge in [-0.25, -0.2) is 4.39 Å². The molecule has 1 aromatic rings. The normalized spacial score (nSPS) is 15.6. The van der Waals surface area contributed by atoms with Gasteiger partial charge in [-0.15, -0.1) is 0 Å². The summed E-state index contributed by atoms with van der Waals surface area (Å²) >= 11 is 0. The standard InChI is InChI=1S/C12H10FNO2/c1-8-6-11(15)14(12(8)16)7-9-4-2-3-5-10(9)13/h2-6H,7H2,1H3. The lowest BCUT2D eigenvalue weighted by Crippen LogP contribution is -2.30. The number of imide groups is 1. The number of hydrogen-bond donors (Lipinski definition) is 0. The van der Waals surface area contributed by atoms with E-state index in [9.17, 15) is 14.0 Å². The molecular formula is C12H10FNO2. The Morgan fingerprint density at radius 3 is 2.50 bits per heavy atom. The van der Waals surface area contributed by atoms with Crippen molar-refractivity contribution in [2.24, 2.45) is 0 Å². The van der Waals surface area contributed by atoms with Gasteiger partial charge in [-0.2, -0.15) is 0 Å². The minimum absolute atomic E-state index is 0.0157. The molecule has 2 rings (SSSR count). The van der Waals surface area contributed by atoms with Crippen molar-refractivity contribution in [3.05, 3.63) is 47.3 Å². The minimum Gasteiger partial charge on any atom is -0.271 e. The van der Waals surface area contributed by atoms with Crippen LogP contribution in [-0.4, -0.2) is 16.7 Å². The van der Waals surface area contributed by atoms with Crippen LogP contribution in [0.5, 0.6) is 0 Å². The van der Waals surface area contributed by atoms with Gasteiger partial charge < -0.3 is 0 Å². The summed E-state index contributed by atoms with van der Waals surface area (Å²) in [5, 5.41) is 0. The van der Waals surface area contributed by atoms with Gasteiger partial charge in [-0.05, 0) is 13.0 Å². The van der Waals surface area contributed by atoms with Gasteiger partial charge in [-0.1, -0.05) is 18.2 Å². The van der Waals surface area contributed by atoms with Gasteiger partial charge in [0.05, 0.1) is 6.54 Å². The van der Waals surface area contributed by atoms with Crippen LogP contribution in [-0.2, 0) is 16.1 Å². The van der Waals surface area contributed by atoms with Gasteiger partial charge in [-0.3, -0.25) is 14.5 Å². The van der Waals surface area contributed by atoms with Gasteiger partial charge in [0.2, 0.25) is 0 Å². The number of hydrogen-bond acceptors (Lipinski definition) is 2. The maximum Gasteiger partial charge on any atom is 0.256 e. The molecule has 1 aliphatic heterocycles. The Hall–Kier alpha value is -1.97. The molecule has 0 unspecified atom stereocenters. The molecule has 1 aromatic carbocycles. The first-order valence-electron chi connectivity index (χ1n) is 4.87. The van der Waals surface area contributed by atoms with Crippen molar-refractivity contribution in [2.75, 3.05) is 0 Å². The zero-order valence-corrected chi connectivity index (χ0v) is 8.74. The molecule has 4 heteroatoms. The van der Waals surface area contributed by atoms with Crippen LogP contribution in [0.25, 0.3) is 0 Å². The van der Waals surface area contributed by atoms with Crippen LogP contribution in [0.15, 0.2) is 35.9 Å². The average Bonchev–Trinajstić information content (AvgIpc) is 2.48. The molecule has 3 nitrogen and oxygen atoms in total. The molecule has 0 bridgehead atoms. The quantitative estimate of drug-likeness (QED) is 0.709. The Labute approximate surface area is 92.2 Å². The van der Waals surface area contributed by atoms with E-state index in [1.807, 2.05) is 0 Å². The van der Waals surface area contributed by atoms with Crippen molar-refractivity contribution >= 4 is 11.8 Å². The van der Waals surface area contributed by atoms with Gasteiger partial charge in [0.25, 0.3) is 11.8 Å². The van der Waals surface area contributed by atoms with E-state index in [0.717, 1.165) is 4.90 Å². The molecule has 0 N–H and O–H groups in total. The number of carbonyl (C=O) groups is 2. The number of nitrogens with zero attached hydrogens (tertiary/aromatic N) is 1. The monoisotopic (exact) mass is 219 g/mol. The fraction of sp³-hybridized carbons (Fsp3) is 0.167. The van der Waals surface area contributed by atoms with Gasteiger partial charge >= 0.3 is 0 Å². The van der Waals surface area contributed by atoms with E-state index >= 15 is 0 Å². The second-order valence-electron chi connectivity index (χ2n) is 3.65. The van der Waals surface area contributed by atoms with E-state index in [0.29, 0.717) is 11.1 Å². The predicted octanol–water partition coefficient (Wildman–Crippen LogP) is 1.64. The highest BCUT2D eigenvalue weighted by Gasteiger charge is 2.28. The Morgan fingerprint density at radius 1 is 1.25 bits per heavy atom. The summed E-state index contributed by atoms with van der Waals surface area (Å²) in [6.45, 7) is 1.56. The van der Waals surface area contributed by atoms with E-state index < -0.39 is 5.82 Å². The highest BCUT2D eigenvalue weighted by atomic mass is 19.1. The molecule has 0 spiro atoms. The molecule has 2 amide bonds. The van der Waals surface area contributed by atoms with Gasteiger partial charge in [0.1, 0.15) is 5.82 Å². The molecule has 0 aromatic heterocycles. The fourth-order valence-electron chi connectivity index (χ4n) is 1.58. The van der Waals surface area contributed by atoms with Crippen LogP contribution >= 0.6 is 0 Å². The van der Waals surface area contributed by atoms with Crippen molar-refractivity contribution in [3.63, 3.8) is 0 Å². The summed E-state index contributed by atoms with van der Waals surface area (Å²) in [7, 11) is 0. The van der Waals surface area contributed by atoms with Gasteiger partial charge in [0.15, 0.2) is 0 Å². The van der Waals surface area contributed by atoms with Crippen LogP contribution in [0.3, 0.4) is 0 Å². The zero-order chi connectivity index (χ0) is 11.7. The number of halogens is 1. The van der Waals surface area contributed by atoms with Crippen molar-refractivity contribution in [2.45, 2.75) is 13.5 Å². The van der Waals surface area contributed by atoms with Crippen LogP contribution < -0.4 is 0 Å². The van der Waals surface area contributed by atoms with Crippen molar-refractivity contribution in [3.8, 4) is 0 Å². The van der Waals surface area contributed by atoms with E-state index in [1.165, 1.54) is 12.1 Å². The molecule has 0 fully saturated rings. The molecule has 0 saturated heterocycles. The molecule has 0 atom stereocenters. The Balaban J connectivity index is 2.22. The van der Waals surface area contributed by atoms with Gasteiger partial charge in [0, 0.05) is 17.2 Å². The first-order chi connectivity index (χ1) is 7.59. The van der Waals surface area contributed by atoms with E-state index in [4.69, 9.17) is 0 Å². The number of amides is 2. The van der Waals surface area contributed by atoms with E-state index in [-0.39, 0.29) is 18.4 Å². The fourth-order valence-corrected chi connectivity index (χ4v) is 1.58. The lowest BCUT2D eigenvalue weighted by atomic mass is 10.2. The molecule has 1 aliphatic rings. The second kappa shape index (κ2) is 3.89. The summed E-state index contributed by atoms with van der Waals surface area (Å²) < 4.78 is 13.3. The zero-order valence-electron chi connectivity index (χ0n) is 8.74. The van der Waals surface area contributed by atoms with Crippen LogP contribution in [0.4, 0.5) is 4.39 Å². The van der Waals surface area contributed by atoms with Crippen LogP contribution in [0.2, 0.25) is 0 Å². The summed E-state index contributed by atoms with van der Waals surface area (Å²) in [6.07, 6.45) is 1.27. The molecule has 16 heavy (non-hydrogen) atoms. The lowest BCUT2D eigenvalue weighted by Gasteiger charge is -2.14. The summed E-state index contributed by atoms with van der Waals surface area (Å²) in [5.41, 5.74) is 0.730. The summed E-state index contributed by atoms with van der Waals surface area (Å²) in [4.78, 5) is 24.0. The van der Waals surface area contributed by atoms with Crippen molar-refractivity contribution in [1.29, 1.82) is 0 Å². The SMILES string of the molecule is CC1=CC(=O)N(Cc2ccccc2F)C1=O. The third-order valence-corrected chi connectivity index (χ3v) is 2.47. The van der Waals surface area contributed by atoms with E-state index in [1.54, 1.807) is 25.1 Å². The Bertz CT molecular complexity index is 494. The van der Waals surface area contributed by atoms with Crippen molar-refractivity contribution < 1.29 is 14.0 Å². The minimum atomic E-state index is -0.410. The highest BCUT2D eigenvalue weighted by molar-refractivity contribution is 6.15. The molecular weight excluding hydrogens is 209 g/mol. The Morgan fingerprint density at radius 2 is 1.94 bits per heavy atom. The first-order valence-corrected chi connectivity index (χ1v) is 4.87. The van der Waals surface area contributed by atoms with Crippen LogP contribution in [0, 0.1) is 5.82 Å². The first kappa shape index (κ1) is 10.5. The Kier molecular flexibility index (Phi) is 2.56. The maximum atomic E-state index is 13.3. The average molecular weight is 219 g/mol. The van der Waals surface area contributed by atoms with Crippen molar-refractivity contribution in [1.82, 2.24) is 4.90 Å². The molecule has 1 heterocycles. The van der Waals surface area contributed by atoms with Crippen LogP contribution in [0.1, 0.15) is 12.5 Å². The maximum absolute atomic E-state index is 13.3. The third-order valence-electron chi connectivity index (χ3n) is 2.47. The topological polar surface area (TPSA) is 37.4 Å². The molecule has 82 valence electrons. The number of rotatable bonds is 2. The lowest BCUT2D eigenvalue weighted by molar-refractivity contribution is -0.137. The highest BCUT2D eigenvalue weighted by Crippen LogP contribution is 2.17. The molecule has 0 aliphatic carbocycles. The van der Waals surface area contributed by atoms with E-state index in [2.05, 4.69) is 0 Å². The summed E-state index contributed by atoms with van der Waals surface area (Å²) in [5.74, 6) is -1.15. The predicted molar refractivity (Wildman–Crippen MR) is 55.7 cm³/mol. The third kappa shape index (κ3) is 1.74. The summed E-state index contributed by atoms with van der Waals surface area (Å²) in [6, 6.07) is 6.10. The smallest absolute Gasteiger partial charge is 0.256 e. The number of benzene rings is 1.